The Morgan fingerprint density at radius 2 is 1.83 bits per heavy atom. The molecule has 8 nitrogen and oxygen atoms in total. The summed E-state index contributed by atoms with van der Waals surface area (Å²) < 4.78 is 27.6. The van der Waals surface area contributed by atoms with Crippen LogP contribution in [-0.2, 0) is 21.2 Å². The van der Waals surface area contributed by atoms with Crippen molar-refractivity contribution in [3.05, 3.63) is 84.6 Å². The number of carbonyl (C=O) groups is 2. The number of hydrogen-bond acceptors (Lipinski definition) is 5. The Morgan fingerprint density at radius 1 is 1.11 bits per heavy atom. The van der Waals surface area contributed by atoms with Crippen LogP contribution in [0.15, 0.2) is 78.3 Å². The lowest BCUT2D eigenvalue weighted by Crippen LogP contribution is -2.53. The minimum atomic E-state index is -3.70. The van der Waals surface area contributed by atoms with Crippen LogP contribution in [0.2, 0.25) is 0 Å². The Balaban J connectivity index is 1.32. The van der Waals surface area contributed by atoms with Crippen molar-refractivity contribution >= 4 is 32.7 Å². The van der Waals surface area contributed by atoms with E-state index in [0.29, 0.717) is 44.5 Å². The number of carbonyl (C=O) groups excluding carboxylic acids is 2. The number of nitrogens with zero attached hydrogens (tertiary/aromatic N) is 2. The van der Waals surface area contributed by atoms with Crippen molar-refractivity contribution in [2.75, 3.05) is 19.6 Å². The van der Waals surface area contributed by atoms with Gasteiger partial charge in [-0.15, -0.1) is 0 Å². The first-order valence-corrected chi connectivity index (χ1v) is 13.3. The van der Waals surface area contributed by atoms with Gasteiger partial charge in [0.1, 0.15) is 0 Å². The summed E-state index contributed by atoms with van der Waals surface area (Å²) in [4.78, 5) is 28.7. The highest BCUT2D eigenvalue weighted by Crippen LogP contribution is 2.26. The van der Waals surface area contributed by atoms with Crippen LogP contribution in [0.3, 0.4) is 0 Å². The summed E-state index contributed by atoms with van der Waals surface area (Å²) in [5.41, 5.74) is 1.91. The third-order valence-corrected chi connectivity index (χ3v) is 8.47. The smallest absolute Gasteiger partial charge is 0.251 e. The highest BCUT2D eigenvalue weighted by Gasteiger charge is 2.36. The Hall–Kier alpha value is -3.56. The molecule has 1 saturated heterocycles. The molecule has 1 fully saturated rings. The lowest BCUT2D eigenvalue weighted by molar-refractivity contribution is -0.118. The number of nitrogens with one attached hydrogen (secondary N) is 2. The van der Waals surface area contributed by atoms with Crippen molar-refractivity contribution in [3.8, 4) is 0 Å². The molecule has 0 atom stereocenters. The molecule has 0 bridgehead atoms. The number of piperidine rings is 1. The third kappa shape index (κ3) is 5.80. The molecule has 2 amide bonds. The van der Waals surface area contributed by atoms with E-state index in [1.165, 1.54) is 34.6 Å². The predicted octanol–water partition coefficient (Wildman–Crippen LogP) is 3.05. The number of fused-ring (bicyclic) bond motifs is 1. The van der Waals surface area contributed by atoms with Crippen LogP contribution in [-0.4, -0.2) is 54.7 Å². The zero-order valence-corrected chi connectivity index (χ0v) is 21.1. The molecule has 0 saturated carbocycles. The molecule has 2 aromatic carbocycles. The van der Waals surface area contributed by atoms with E-state index >= 15 is 0 Å². The van der Waals surface area contributed by atoms with E-state index < -0.39 is 15.6 Å². The average Bonchev–Trinajstić information content (AvgIpc) is 2.88. The molecule has 4 rings (SSSR count). The quantitative estimate of drug-likeness (QED) is 0.457. The van der Waals surface area contributed by atoms with Crippen molar-refractivity contribution < 1.29 is 18.0 Å². The number of amides is 2. The van der Waals surface area contributed by atoms with Crippen molar-refractivity contribution in [2.24, 2.45) is 0 Å². The molecular formula is C27H30N4O4S. The van der Waals surface area contributed by atoms with Gasteiger partial charge in [0.25, 0.3) is 5.91 Å². The highest BCUT2D eigenvalue weighted by atomic mass is 32.2. The molecule has 2 N–H and O–H groups in total. The highest BCUT2D eigenvalue weighted by molar-refractivity contribution is 7.89. The summed E-state index contributed by atoms with van der Waals surface area (Å²) in [6.45, 7) is 6.41. The normalized spacial score (nSPS) is 15.8. The fourth-order valence-corrected chi connectivity index (χ4v) is 5.75. The van der Waals surface area contributed by atoms with Gasteiger partial charge in [-0.25, -0.2) is 8.42 Å². The molecule has 3 aromatic rings. The SMILES string of the molecule is C=CC(=O)NC1(C)CCN(S(=O)(=O)c2ccc(C(=O)NCCc3ccc4cccnc4c3)cc2)CC1. The molecule has 1 aliphatic rings. The van der Waals surface area contributed by atoms with Crippen molar-refractivity contribution in [2.45, 2.75) is 36.6 Å². The standard InChI is InChI=1S/C27H30N4O4S/c1-3-25(32)30-27(2)13-17-31(18-14-27)36(34,35)23-10-8-22(9-11-23)26(33)29-16-12-20-6-7-21-5-4-15-28-24(21)19-20/h3-11,15,19H,1,12-14,16-18H2,2H3,(H,29,33)(H,30,32). The van der Waals surface area contributed by atoms with Crippen molar-refractivity contribution in [1.82, 2.24) is 19.9 Å². The van der Waals surface area contributed by atoms with Gasteiger partial charge in [0, 0.05) is 42.3 Å². The number of hydrogen-bond donors (Lipinski definition) is 2. The minimum Gasteiger partial charge on any atom is -0.352 e. The lowest BCUT2D eigenvalue weighted by Gasteiger charge is -2.39. The molecule has 2 heterocycles. The first-order chi connectivity index (χ1) is 17.2. The molecule has 36 heavy (non-hydrogen) atoms. The molecule has 9 heteroatoms. The molecule has 0 spiro atoms. The van der Waals surface area contributed by atoms with Gasteiger partial charge >= 0.3 is 0 Å². The average molecular weight is 507 g/mol. The van der Waals surface area contributed by atoms with E-state index in [-0.39, 0.29) is 16.7 Å². The van der Waals surface area contributed by atoms with Crippen LogP contribution >= 0.6 is 0 Å². The second-order valence-electron chi connectivity index (χ2n) is 9.22. The third-order valence-electron chi connectivity index (χ3n) is 6.56. The van der Waals surface area contributed by atoms with Crippen LogP contribution in [0, 0.1) is 0 Å². The van der Waals surface area contributed by atoms with Crippen LogP contribution in [0.25, 0.3) is 10.9 Å². The van der Waals surface area contributed by atoms with Crippen LogP contribution in [0.5, 0.6) is 0 Å². The lowest BCUT2D eigenvalue weighted by atomic mass is 9.90. The minimum absolute atomic E-state index is 0.140. The monoisotopic (exact) mass is 506 g/mol. The Bertz CT molecular complexity index is 1380. The van der Waals surface area contributed by atoms with Crippen LogP contribution < -0.4 is 10.6 Å². The first kappa shape index (κ1) is 25.5. The second-order valence-corrected chi connectivity index (χ2v) is 11.2. The van der Waals surface area contributed by atoms with E-state index in [2.05, 4.69) is 22.2 Å². The summed E-state index contributed by atoms with van der Waals surface area (Å²) in [6.07, 6.45) is 4.63. The van der Waals surface area contributed by atoms with Gasteiger partial charge in [0.05, 0.1) is 10.4 Å². The van der Waals surface area contributed by atoms with Crippen molar-refractivity contribution in [3.63, 3.8) is 0 Å². The van der Waals surface area contributed by atoms with Gasteiger partial charge in [0.2, 0.25) is 15.9 Å². The van der Waals surface area contributed by atoms with Gasteiger partial charge in [-0.1, -0.05) is 24.8 Å². The maximum Gasteiger partial charge on any atom is 0.251 e. The van der Waals surface area contributed by atoms with Gasteiger partial charge in [-0.3, -0.25) is 14.6 Å². The number of aromatic nitrogens is 1. The van der Waals surface area contributed by atoms with E-state index in [1.54, 1.807) is 6.20 Å². The predicted molar refractivity (Wildman–Crippen MR) is 139 cm³/mol. The summed E-state index contributed by atoms with van der Waals surface area (Å²) in [5, 5.41) is 6.84. The molecule has 1 aliphatic heterocycles. The topological polar surface area (TPSA) is 108 Å². The maximum atomic E-state index is 13.1. The zero-order valence-electron chi connectivity index (χ0n) is 20.2. The Kier molecular flexibility index (Phi) is 7.51. The van der Waals surface area contributed by atoms with E-state index in [0.717, 1.165) is 16.5 Å². The van der Waals surface area contributed by atoms with Crippen LogP contribution in [0.4, 0.5) is 0 Å². The summed E-state index contributed by atoms with van der Waals surface area (Å²) in [7, 11) is -3.70. The molecule has 0 unspecified atom stereocenters. The molecule has 0 radical (unpaired) electrons. The van der Waals surface area contributed by atoms with E-state index in [1.807, 2.05) is 37.3 Å². The molecule has 188 valence electrons. The zero-order chi connectivity index (χ0) is 25.8. The van der Waals surface area contributed by atoms with Crippen molar-refractivity contribution in [1.29, 1.82) is 0 Å². The summed E-state index contributed by atoms with van der Waals surface area (Å²) in [5.74, 6) is -0.526. The molecular weight excluding hydrogens is 476 g/mol. The largest absolute Gasteiger partial charge is 0.352 e. The van der Waals surface area contributed by atoms with Crippen LogP contribution in [0.1, 0.15) is 35.7 Å². The second kappa shape index (κ2) is 10.6. The van der Waals surface area contributed by atoms with Gasteiger partial charge in [-0.2, -0.15) is 4.31 Å². The maximum absolute atomic E-state index is 13.1. The Morgan fingerprint density at radius 3 is 2.53 bits per heavy atom. The number of pyridine rings is 1. The van der Waals surface area contributed by atoms with Gasteiger partial charge in [-0.05, 0) is 74.2 Å². The number of benzene rings is 2. The molecule has 1 aromatic heterocycles. The summed E-state index contributed by atoms with van der Waals surface area (Å²) in [6, 6.07) is 15.9. The van der Waals surface area contributed by atoms with E-state index in [9.17, 15) is 18.0 Å². The first-order valence-electron chi connectivity index (χ1n) is 11.9. The van der Waals surface area contributed by atoms with E-state index in [4.69, 9.17) is 0 Å². The summed E-state index contributed by atoms with van der Waals surface area (Å²) >= 11 is 0. The fraction of sp³-hybridized carbons (Fsp3) is 0.296. The van der Waals surface area contributed by atoms with Gasteiger partial charge < -0.3 is 10.6 Å². The Labute approximate surface area is 211 Å². The van der Waals surface area contributed by atoms with Gasteiger partial charge in [0.15, 0.2) is 0 Å². The number of rotatable bonds is 8. The fourth-order valence-electron chi connectivity index (χ4n) is 4.31. The molecule has 0 aliphatic carbocycles. The number of sulfonamides is 1.